The molecule has 0 bridgehead atoms. The summed E-state index contributed by atoms with van der Waals surface area (Å²) in [6.07, 6.45) is 3.07. The van der Waals surface area contributed by atoms with Gasteiger partial charge in [-0.25, -0.2) is 8.42 Å². The molecule has 0 saturated carbocycles. The van der Waals surface area contributed by atoms with E-state index in [9.17, 15) is 13.2 Å². The molecule has 2 aromatic carbocycles. The molecule has 0 radical (unpaired) electrons. The first-order valence-corrected chi connectivity index (χ1v) is 9.15. The number of halogens is 1. The Morgan fingerprint density at radius 1 is 0.920 bits per heavy atom. The molecule has 7 heteroatoms. The average Bonchev–Trinajstić information content (AvgIpc) is 2.62. The summed E-state index contributed by atoms with van der Waals surface area (Å²) in [5.74, 6) is -0.180. The van der Waals surface area contributed by atoms with E-state index in [0.717, 1.165) is 0 Å². The third-order valence-electron chi connectivity index (χ3n) is 3.45. The summed E-state index contributed by atoms with van der Waals surface area (Å²) < 4.78 is 27.1. The van der Waals surface area contributed by atoms with E-state index in [1.165, 1.54) is 42.6 Å². The fourth-order valence-corrected chi connectivity index (χ4v) is 3.37. The predicted molar refractivity (Wildman–Crippen MR) is 96.4 cm³/mol. The molecule has 1 heterocycles. The van der Waals surface area contributed by atoms with Crippen molar-refractivity contribution in [1.29, 1.82) is 0 Å². The van der Waals surface area contributed by atoms with E-state index in [-0.39, 0.29) is 10.7 Å². The Balaban J connectivity index is 1.79. The van der Waals surface area contributed by atoms with Gasteiger partial charge in [-0.1, -0.05) is 11.6 Å². The summed E-state index contributed by atoms with van der Waals surface area (Å²) in [6.45, 7) is 0. The van der Waals surface area contributed by atoms with Crippen LogP contribution in [0.5, 0.6) is 0 Å². The Labute approximate surface area is 150 Å². The van der Waals surface area contributed by atoms with Crippen LogP contribution in [0.2, 0.25) is 5.02 Å². The number of nitrogens with one attached hydrogen (secondary N) is 1. The van der Waals surface area contributed by atoms with Crippen LogP contribution in [-0.4, -0.2) is 19.2 Å². The van der Waals surface area contributed by atoms with Crippen LogP contribution in [0.25, 0.3) is 0 Å². The smallest absolute Gasteiger partial charge is 0.261 e. The number of carbonyl (C=O) groups is 1. The third kappa shape index (κ3) is 4.04. The highest BCUT2D eigenvalue weighted by Crippen LogP contribution is 2.19. The molecule has 5 nitrogen and oxygen atoms in total. The maximum atomic E-state index is 12.3. The monoisotopic (exact) mass is 372 g/mol. The molecule has 0 spiro atoms. The van der Waals surface area contributed by atoms with E-state index in [1.807, 2.05) is 0 Å². The number of pyridine rings is 1. The molecule has 0 aliphatic heterocycles. The molecule has 3 rings (SSSR count). The molecule has 126 valence electrons. The summed E-state index contributed by atoms with van der Waals surface area (Å²) in [5, 5.41) is 0.456. The molecule has 0 fully saturated rings. The van der Waals surface area contributed by atoms with Crippen LogP contribution in [0, 0.1) is 0 Å². The Morgan fingerprint density at radius 3 is 2.20 bits per heavy atom. The second-order valence-corrected chi connectivity index (χ2v) is 7.33. The van der Waals surface area contributed by atoms with Gasteiger partial charge in [0.2, 0.25) is 0 Å². The SMILES string of the molecule is O=C(c1ccc(NS(=O)(=O)c2ccc(Cl)cc2)cc1)c1cccnc1. The molecule has 0 unspecified atom stereocenters. The second kappa shape index (κ2) is 7.04. The zero-order chi connectivity index (χ0) is 17.9. The van der Waals surface area contributed by atoms with E-state index in [0.29, 0.717) is 21.8 Å². The Morgan fingerprint density at radius 2 is 1.60 bits per heavy atom. The molecule has 0 aliphatic carbocycles. The summed E-state index contributed by atoms with van der Waals surface area (Å²) in [4.78, 5) is 16.3. The van der Waals surface area contributed by atoms with Crippen LogP contribution >= 0.6 is 11.6 Å². The predicted octanol–water partition coefficient (Wildman–Crippen LogP) is 3.77. The molecule has 3 aromatic rings. The van der Waals surface area contributed by atoms with Crippen molar-refractivity contribution < 1.29 is 13.2 Å². The van der Waals surface area contributed by atoms with Crippen molar-refractivity contribution in [2.45, 2.75) is 4.90 Å². The molecule has 1 N–H and O–H groups in total. The molecular formula is C18H13ClN2O3S. The van der Waals surface area contributed by atoms with Crippen molar-refractivity contribution in [2.24, 2.45) is 0 Å². The third-order valence-corrected chi connectivity index (χ3v) is 5.10. The van der Waals surface area contributed by atoms with Gasteiger partial charge in [-0.15, -0.1) is 0 Å². The summed E-state index contributed by atoms with van der Waals surface area (Å²) >= 11 is 5.77. The Kier molecular flexibility index (Phi) is 4.83. The number of anilines is 1. The minimum atomic E-state index is -3.72. The minimum Gasteiger partial charge on any atom is -0.289 e. The van der Waals surface area contributed by atoms with Crippen molar-refractivity contribution in [3.8, 4) is 0 Å². The second-order valence-electron chi connectivity index (χ2n) is 5.21. The van der Waals surface area contributed by atoms with E-state index in [1.54, 1.807) is 30.5 Å². The topological polar surface area (TPSA) is 76.1 Å². The highest BCUT2D eigenvalue weighted by Gasteiger charge is 2.15. The number of aromatic nitrogens is 1. The summed E-state index contributed by atoms with van der Waals surface area (Å²) in [5.41, 5.74) is 1.28. The molecule has 0 atom stereocenters. The van der Waals surface area contributed by atoms with Gasteiger partial charge in [-0.2, -0.15) is 0 Å². The van der Waals surface area contributed by atoms with Crippen LogP contribution in [0.15, 0.2) is 78.0 Å². The van der Waals surface area contributed by atoms with E-state index >= 15 is 0 Å². The Hall–Kier alpha value is -2.70. The number of hydrogen-bond donors (Lipinski definition) is 1. The van der Waals surface area contributed by atoms with Gasteiger partial charge in [0, 0.05) is 34.2 Å². The van der Waals surface area contributed by atoms with Gasteiger partial charge in [0.05, 0.1) is 4.90 Å². The number of ketones is 1. The zero-order valence-corrected chi connectivity index (χ0v) is 14.5. The maximum absolute atomic E-state index is 12.3. The largest absolute Gasteiger partial charge is 0.289 e. The molecule has 0 amide bonds. The van der Waals surface area contributed by atoms with Crippen molar-refractivity contribution >= 4 is 33.1 Å². The van der Waals surface area contributed by atoms with E-state index < -0.39 is 10.0 Å². The highest BCUT2D eigenvalue weighted by atomic mass is 35.5. The van der Waals surface area contributed by atoms with Crippen LogP contribution in [0.1, 0.15) is 15.9 Å². The van der Waals surface area contributed by atoms with Crippen LogP contribution < -0.4 is 4.72 Å². The Bertz CT molecular complexity index is 987. The van der Waals surface area contributed by atoms with Crippen molar-refractivity contribution in [1.82, 2.24) is 4.98 Å². The number of hydrogen-bond acceptors (Lipinski definition) is 4. The van der Waals surface area contributed by atoms with Gasteiger partial charge >= 0.3 is 0 Å². The number of nitrogens with zero attached hydrogens (tertiary/aromatic N) is 1. The van der Waals surface area contributed by atoms with Crippen molar-refractivity contribution in [3.63, 3.8) is 0 Å². The van der Waals surface area contributed by atoms with Gasteiger partial charge in [0.15, 0.2) is 5.78 Å². The highest BCUT2D eigenvalue weighted by molar-refractivity contribution is 7.92. The summed E-state index contributed by atoms with van der Waals surface area (Å²) in [7, 11) is -3.72. The number of carbonyl (C=O) groups excluding carboxylic acids is 1. The zero-order valence-electron chi connectivity index (χ0n) is 12.9. The fraction of sp³-hybridized carbons (Fsp3) is 0. The molecule has 1 aromatic heterocycles. The number of sulfonamides is 1. The average molecular weight is 373 g/mol. The lowest BCUT2D eigenvalue weighted by Gasteiger charge is -2.09. The quantitative estimate of drug-likeness (QED) is 0.692. The van der Waals surface area contributed by atoms with E-state index in [4.69, 9.17) is 11.6 Å². The number of rotatable bonds is 5. The molecule has 0 saturated heterocycles. The first-order chi connectivity index (χ1) is 12.0. The molecular weight excluding hydrogens is 360 g/mol. The van der Waals surface area contributed by atoms with Crippen molar-refractivity contribution in [2.75, 3.05) is 4.72 Å². The van der Waals surface area contributed by atoms with Gasteiger partial charge in [-0.05, 0) is 60.7 Å². The van der Waals surface area contributed by atoms with E-state index in [2.05, 4.69) is 9.71 Å². The number of benzene rings is 2. The lowest BCUT2D eigenvalue weighted by Crippen LogP contribution is -2.13. The first-order valence-electron chi connectivity index (χ1n) is 7.29. The normalized spacial score (nSPS) is 11.1. The molecule has 0 aliphatic rings. The van der Waals surface area contributed by atoms with Gasteiger partial charge < -0.3 is 0 Å². The van der Waals surface area contributed by atoms with Crippen molar-refractivity contribution in [3.05, 3.63) is 89.2 Å². The van der Waals surface area contributed by atoms with Crippen LogP contribution in [0.4, 0.5) is 5.69 Å². The minimum absolute atomic E-state index is 0.104. The van der Waals surface area contributed by atoms with Gasteiger partial charge in [-0.3, -0.25) is 14.5 Å². The lowest BCUT2D eigenvalue weighted by atomic mass is 10.1. The lowest BCUT2D eigenvalue weighted by molar-refractivity contribution is 0.103. The summed E-state index contributed by atoms with van der Waals surface area (Å²) in [6, 6.07) is 15.4. The van der Waals surface area contributed by atoms with Gasteiger partial charge in [0.1, 0.15) is 0 Å². The van der Waals surface area contributed by atoms with Crippen LogP contribution in [0.3, 0.4) is 0 Å². The molecule has 25 heavy (non-hydrogen) atoms. The maximum Gasteiger partial charge on any atom is 0.261 e. The standard InChI is InChI=1S/C18H13ClN2O3S/c19-15-5-9-17(10-6-15)25(23,24)21-16-7-3-13(4-8-16)18(22)14-2-1-11-20-12-14/h1-12,21H. The first kappa shape index (κ1) is 17.1. The van der Waals surface area contributed by atoms with Gasteiger partial charge in [0.25, 0.3) is 10.0 Å². The fourth-order valence-electron chi connectivity index (χ4n) is 2.18. The van der Waals surface area contributed by atoms with Crippen LogP contribution in [-0.2, 0) is 10.0 Å².